The van der Waals surface area contributed by atoms with E-state index in [1.807, 2.05) is 18.2 Å². The number of rotatable bonds is 19. The van der Waals surface area contributed by atoms with Gasteiger partial charge in [0.05, 0.1) is 13.4 Å². The van der Waals surface area contributed by atoms with E-state index in [0.29, 0.717) is 37.3 Å². The van der Waals surface area contributed by atoms with Crippen molar-refractivity contribution in [3.8, 4) is 5.75 Å². The first-order valence-electron chi connectivity index (χ1n) is 14.6. The Hall–Kier alpha value is -4.18. The number of hydrogen-bond donors (Lipinski definition) is 4. The Morgan fingerprint density at radius 3 is 2.49 bits per heavy atom. The van der Waals surface area contributed by atoms with Gasteiger partial charge in [-0.1, -0.05) is 48.9 Å². The van der Waals surface area contributed by atoms with Gasteiger partial charge in [0, 0.05) is 23.7 Å². The number of carbonyl (C=O) groups excluding carboxylic acids is 3. The molecule has 0 saturated carbocycles. The lowest BCUT2D eigenvalue weighted by Crippen LogP contribution is -2.53. The number of H-pyrrole nitrogens is 1. The van der Waals surface area contributed by atoms with Gasteiger partial charge in [0.25, 0.3) is 5.91 Å². The van der Waals surface area contributed by atoms with Gasteiger partial charge in [-0.15, -0.1) is 6.58 Å². The Morgan fingerprint density at radius 2 is 1.88 bits per heavy atom. The van der Waals surface area contributed by atoms with Crippen LogP contribution in [0.15, 0.2) is 67.2 Å². The van der Waals surface area contributed by atoms with E-state index in [9.17, 15) is 14.4 Å². The van der Waals surface area contributed by atoms with Crippen molar-refractivity contribution in [2.45, 2.75) is 71.4 Å². The number of allylic oxidation sites excluding steroid dienone is 4. The first-order chi connectivity index (χ1) is 20.6. The molecule has 3 atom stereocenters. The summed E-state index contributed by atoms with van der Waals surface area (Å²) in [7, 11) is 1.25. The van der Waals surface area contributed by atoms with Gasteiger partial charge in [-0.3, -0.25) is 9.59 Å². The molecule has 0 saturated heterocycles. The molecule has 2 rings (SSSR count). The van der Waals surface area contributed by atoms with E-state index in [2.05, 4.69) is 66.2 Å². The van der Waals surface area contributed by atoms with Crippen LogP contribution in [0.5, 0.6) is 5.75 Å². The highest BCUT2D eigenvalue weighted by molar-refractivity contribution is 5.91. The Morgan fingerprint density at radius 1 is 1.14 bits per heavy atom. The number of unbranched alkanes of at least 4 members (excludes halogenated alkanes) is 1. The lowest BCUT2D eigenvalue weighted by molar-refractivity contribution is -0.145. The van der Waals surface area contributed by atoms with Gasteiger partial charge in [-0.25, -0.2) is 9.78 Å². The molecule has 0 unspecified atom stereocenters. The van der Waals surface area contributed by atoms with Crippen LogP contribution in [0, 0.1) is 5.41 Å². The topological polar surface area (TPSA) is 148 Å². The lowest BCUT2D eigenvalue weighted by atomic mass is 9.84. The summed E-state index contributed by atoms with van der Waals surface area (Å²) in [6.45, 7) is 10.5. The zero-order valence-electron chi connectivity index (χ0n) is 25.9. The van der Waals surface area contributed by atoms with Gasteiger partial charge in [-0.2, -0.15) is 0 Å². The van der Waals surface area contributed by atoms with E-state index in [4.69, 9.17) is 15.2 Å². The Kier molecular flexibility index (Phi) is 15.0. The summed E-state index contributed by atoms with van der Waals surface area (Å²) in [5.41, 5.74) is 8.45. The van der Waals surface area contributed by atoms with Crippen molar-refractivity contribution >= 4 is 23.9 Å². The van der Waals surface area contributed by atoms with Crippen molar-refractivity contribution in [3.05, 3.63) is 78.4 Å². The van der Waals surface area contributed by atoms with Crippen LogP contribution in [0.2, 0.25) is 0 Å². The number of aromatic nitrogens is 2. The maximum atomic E-state index is 13.1. The third-order valence-electron chi connectivity index (χ3n) is 6.99. The van der Waals surface area contributed by atoms with Crippen LogP contribution < -0.4 is 21.1 Å². The van der Waals surface area contributed by atoms with E-state index >= 15 is 0 Å². The quantitative estimate of drug-likeness (QED) is 0.108. The Bertz CT molecular complexity index is 1220. The largest absolute Gasteiger partial charge is 0.484 e. The van der Waals surface area contributed by atoms with Gasteiger partial charge in [0.1, 0.15) is 17.8 Å². The normalized spacial score (nSPS) is 13.8. The number of amides is 2. The molecule has 1 heterocycles. The molecular formula is C33H47N5O5. The summed E-state index contributed by atoms with van der Waals surface area (Å²) in [5.74, 6) is -1.03. The summed E-state index contributed by atoms with van der Waals surface area (Å²) in [5, 5.41) is 5.43. The van der Waals surface area contributed by atoms with Crippen molar-refractivity contribution in [2.24, 2.45) is 11.1 Å². The van der Waals surface area contributed by atoms with Crippen molar-refractivity contribution in [1.82, 2.24) is 20.6 Å². The molecule has 0 radical (unpaired) electrons. The number of nitrogens with one attached hydrogen (secondary N) is 3. The van der Waals surface area contributed by atoms with Gasteiger partial charge in [-0.05, 0) is 70.2 Å². The smallest absolute Gasteiger partial charge is 0.328 e. The molecule has 43 heavy (non-hydrogen) atoms. The van der Waals surface area contributed by atoms with E-state index in [1.165, 1.54) is 19.0 Å². The first kappa shape index (κ1) is 35.0. The van der Waals surface area contributed by atoms with Crippen molar-refractivity contribution < 1.29 is 23.9 Å². The van der Waals surface area contributed by atoms with Crippen LogP contribution >= 0.6 is 0 Å². The summed E-state index contributed by atoms with van der Waals surface area (Å²) in [6, 6.07) is 5.60. The van der Waals surface area contributed by atoms with E-state index in [0.717, 1.165) is 18.4 Å². The molecule has 1 aromatic heterocycles. The third kappa shape index (κ3) is 13.1. The fourth-order valence-corrected chi connectivity index (χ4v) is 4.26. The maximum absolute atomic E-state index is 13.1. The molecule has 0 fully saturated rings. The number of aromatic amines is 1. The van der Waals surface area contributed by atoms with Gasteiger partial charge in [0.15, 0.2) is 6.61 Å². The third-order valence-corrected chi connectivity index (χ3v) is 6.99. The van der Waals surface area contributed by atoms with E-state index in [-0.39, 0.29) is 18.4 Å². The van der Waals surface area contributed by atoms with Crippen LogP contribution in [-0.2, 0) is 25.5 Å². The molecule has 0 bridgehead atoms. The number of ether oxygens (including phenoxy) is 2. The number of imidazole rings is 1. The average molecular weight is 594 g/mol. The molecule has 10 nitrogen and oxygen atoms in total. The number of esters is 1. The average Bonchev–Trinajstić information content (AvgIpc) is 3.51. The summed E-state index contributed by atoms with van der Waals surface area (Å²) < 4.78 is 10.5. The number of methoxy groups -OCH3 is 1. The summed E-state index contributed by atoms with van der Waals surface area (Å²) in [4.78, 5) is 45.1. The fourth-order valence-electron chi connectivity index (χ4n) is 4.26. The lowest BCUT2D eigenvalue weighted by Gasteiger charge is -2.22. The minimum absolute atomic E-state index is 0.123. The Labute approximate surface area is 255 Å². The molecule has 0 spiro atoms. The van der Waals surface area contributed by atoms with Crippen LogP contribution in [0.3, 0.4) is 0 Å². The van der Waals surface area contributed by atoms with Crippen LogP contribution in [0.1, 0.15) is 64.1 Å². The molecule has 10 heteroatoms. The van der Waals surface area contributed by atoms with Crippen molar-refractivity contribution in [3.63, 3.8) is 0 Å². The molecular weight excluding hydrogens is 546 g/mol. The fraction of sp³-hybridized carbons (Fsp3) is 0.455. The Balaban J connectivity index is 1.97. The molecule has 0 aliphatic rings. The standard InChI is InChI=1S/C33H47N5O5/c1-6-33(4,17-9-10-24(2)3)18-16-25-12-14-27(15-13-25)43-22-30(39)37-28(11-7-8-19-34)31(40)38-29(32(41)42-5)20-26-21-35-23-36-26/h6,10,12-16,18,21,23,28-29H,1,7-9,11,17,19-20,22,34H2,2-5H3,(H,35,36)(H,37,39)(H,38,40)/b18-16+/t28-,29-,33+/m0/s1. The predicted octanol–water partition coefficient (Wildman–Crippen LogP) is 4.25. The predicted molar refractivity (Wildman–Crippen MR) is 169 cm³/mol. The number of hydrogen-bond acceptors (Lipinski definition) is 7. The molecule has 0 aliphatic carbocycles. The second-order valence-electron chi connectivity index (χ2n) is 11.0. The minimum Gasteiger partial charge on any atom is -0.484 e. The molecule has 2 aromatic rings. The molecule has 0 aliphatic heterocycles. The number of nitrogens with zero attached hydrogens (tertiary/aromatic N) is 1. The summed E-state index contributed by atoms with van der Waals surface area (Å²) in [6.07, 6.45) is 15.2. The highest BCUT2D eigenvalue weighted by Gasteiger charge is 2.28. The second kappa shape index (κ2) is 18.4. The highest BCUT2D eigenvalue weighted by atomic mass is 16.5. The molecule has 5 N–H and O–H groups in total. The van der Waals surface area contributed by atoms with Gasteiger partial charge < -0.3 is 30.8 Å². The van der Waals surface area contributed by atoms with Crippen molar-refractivity contribution in [1.29, 1.82) is 0 Å². The highest BCUT2D eigenvalue weighted by Crippen LogP contribution is 2.28. The number of nitrogens with two attached hydrogens (primary N) is 1. The zero-order chi connectivity index (χ0) is 31.7. The van der Waals surface area contributed by atoms with Crippen LogP contribution in [0.25, 0.3) is 6.08 Å². The molecule has 234 valence electrons. The van der Waals surface area contributed by atoms with E-state index in [1.54, 1.807) is 18.3 Å². The number of carbonyl (C=O) groups is 3. The molecule has 1 aromatic carbocycles. The van der Waals surface area contributed by atoms with E-state index < -0.39 is 29.9 Å². The first-order valence-corrected chi connectivity index (χ1v) is 14.6. The monoisotopic (exact) mass is 593 g/mol. The number of benzene rings is 1. The minimum atomic E-state index is -0.947. The zero-order valence-corrected chi connectivity index (χ0v) is 25.9. The van der Waals surface area contributed by atoms with Crippen LogP contribution in [0.4, 0.5) is 0 Å². The van der Waals surface area contributed by atoms with Gasteiger partial charge in [0.2, 0.25) is 5.91 Å². The summed E-state index contributed by atoms with van der Waals surface area (Å²) >= 11 is 0. The van der Waals surface area contributed by atoms with Gasteiger partial charge >= 0.3 is 5.97 Å². The second-order valence-corrected chi connectivity index (χ2v) is 11.0. The van der Waals surface area contributed by atoms with Crippen molar-refractivity contribution in [2.75, 3.05) is 20.3 Å². The SMILES string of the molecule is C=C[C@@](C)(/C=C/c1ccc(OCC(=O)N[C@@H](CCCCN)C(=O)N[C@@H](Cc2cnc[nH]2)C(=O)OC)cc1)CCC=C(C)C. The maximum Gasteiger partial charge on any atom is 0.328 e. The van der Waals surface area contributed by atoms with Crippen LogP contribution in [-0.4, -0.2) is 60.1 Å². The molecule has 2 amide bonds.